The molecular weight excluding hydrogens is 464 g/mol. The quantitative estimate of drug-likeness (QED) is 0.469. The van der Waals surface area contributed by atoms with Gasteiger partial charge in [-0.15, -0.1) is 12.4 Å². The summed E-state index contributed by atoms with van der Waals surface area (Å²) in [4.78, 5) is 27.4. The first-order valence-corrected chi connectivity index (χ1v) is 11.6. The summed E-state index contributed by atoms with van der Waals surface area (Å²) < 4.78 is 5.96. The number of hydrogen-bond donors (Lipinski definition) is 2. The van der Waals surface area contributed by atoms with Gasteiger partial charge in [-0.1, -0.05) is 80.6 Å². The van der Waals surface area contributed by atoms with Crippen molar-refractivity contribution in [2.75, 3.05) is 11.5 Å². The van der Waals surface area contributed by atoms with Gasteiger partial charge in [0.25, 0.3) is 0 Å². The van der Waals surface area contributed by atoms with E-state index >= 15 is 0 Å². The molecule has 0 aliphatic carbocycles. The van der Waals surface area contributed by atoms with Crippen LogP contribution in [0.1, 0.15) is 36.5 Å². The molecule has 3 aromatic rings. The number of ether oxygens (including phenoxy) is 1. The number of halogens is 1. The SMILES string of the molecule is CC(C)c1ccc(CN2C(=O)[C@@H](N[C@@H](Cc3ccccc3)C(=O)O)COc3ccccc32)cc1.Cl. The van der Waals surface area contributed by atoms with E-state index in [0.717, 1.165) is 11.1 Å². The Labute approximate surface area is 212 Å². The molecule has 0 bridgehead atoms. The number of hydrogen-bond acceptors (Lipinski definition) is 4. The second-order valence-electron chi connectivity index (χ2n) is 8.90. The number of nitrogens with zero attached hydrogens (tertiary/aromatic N) is 1. The van der Waals surface area contributed by atoms with Crippen molar-refractivity contribution in [3.63, 3.8) is 0 Å². The van der Waals surface area contributed by atoms with Crippen LogP contribution in [0.5, 0.6) is 5.75 Å². The van der Waals surface area contributed by atoms with E-state index in [9.17, 15) is 14.7 Å². The lowest BCUT2D eigenvalue weighted by atomic mass is 10.0. The van der Waals surface area contributed by atoms with Gasteiger partial charge in [-0.3, -0.25) is 14.9 Å². The number of rotatable bonds is 8. The fourth-order valence-electron chi connectivity index (χ4n) is 4.14. The number of para-hydroxylation sites is 2. The Morgan fingerprint density at radius 2 is 1.66 bits per heavy atom. The van der Waals surface area contributed by atoms with Crippen molar-refractivity contribution in [1.82, 2.24) is 5.32 Å². The average Bonchev–Trinajstić information content (AvgIpc) is 2.97. The van der Waals surface area contributed by atoms with E-state index in [0.29, 0.717) is 23.9 Å². The first kappa shape index (κ1) is 26.3. The van der Waals surface area contributed by atoms with Crippen molar-refractivity contribution in [3.05, 3.63) is 95.6 Å². The molecule has 1 aliphatic heterocycles. The molecule has 4 rings (SSSR count). The van der Waals surface area contributed by atoms with Crippen LogP contribution in [0.3, 0.4) is 0 Å². The van der Waals surface area contributed by atoms with Crippen LogP contribution in [-0.2, 0) is 22.6 Å². The van der Waals surface area contributed by atoms with Crippen LogP contribution >= 0.6 is 12.4 Å². The number of nitrogens with one attached hydrogen (secondary N) is 1. The number of carboxylic acid groups (broad SMARTS) is 1. The topological polar surface area (TPSA) is 78.9 Å². The van der Waals surface area contributed by atoms with Gasteiger partial charge in [0, 0.05) is 0 Å². The number of carbonyl (C=O) groups is 2. The minimum atomic E-state index is -1.01. The van der Waals surface area contributed by atoms with Gasteiger partial charge in [0.15, 0.2) is 0 Å². The first-order chi connectivity index (χ1) is 16.4. The van der Waals surface area contributed by atoms with E-state index < -0.39 is 18.1 Å². The van der Waals surface area contributed by atoms with E-state index in [2.05, 4.69) is 31.3 Å². The molecule has 0 spiro atoms. The molecule has 2 atom stereocenters. The van der Waals surface area contributed by atoms with Gasteiger partial charge in [-0.05, 0) is 41.2 Å². The fourth-order valence-corrected chi connectivity index (χ4v) is 4.14. The number of carboxylic acids is 1. The highest BCUT2D eigenvalue weighted by atomic mass is 35.5. The number of fused-ring (bicyclic) bond motifs is 1. The minimum Gasteiger partial charge on any atom is -0.489 e. The molecule has 0 aromatic heterocycles. The molecule has 1 amide bonds. The van der Waals surface area contributed by atoms with Crippen molar-refractivity contribution in [2.24, 2.45) is 0 Å². The first-order valence-electron chi connectivity index (χ1n) is 11.6. The molecule has 0 saturated heterocycles. The monoisotopic (exact) mass is 494 g/mol. The number of carbonyl (C=O) groups excluding carboxylic acids is 1. The standard InChI is InChI=1S/C28H30N2O4.ClH/c1-19(2)22-14-12-21(13-15-22)17-30-25-10-6-7-11-26(25)34-18-24(27(30)31)29-23(28(32)33)16-20-8-4-3-5-9-20;/h3-15,19,23-24,29H,16-18H2,1-2H3,(H,32,33);1H/t23-,24-;/m0./s1. The van der Waals surface area contributed by atoms with E-state index in [-0.39, 0.29) is 31.3 Å². The summed E-state index contributed by atoms with van der Waals surface area (Å²) in [6.07, 6.45) is 0.267. The van der Waals surface area contributed by atoms with Gasteiger partial charge >= 0.3 is 5.97 Å². The van der Waals surface area contributed by atoms with E-state index in [1.54, 1.807) is 4.90 Å². The smallest absolute Gasteiger partial charge is 0.321 e. The highest BCUT2D eigenvalue weighted by Gasteiger charge is 2.34. The van der Waals surface area contributed by atoms with E-state index in [4.69, 9.17) is 4.74 Å². The Balaban J connectivity index is 0.00000342. The van der Waals surface area contributed by atoms with E-state index in [1.807, 2.05) is 66.7 Å². The zero-order valence-electron chi connectivity index (χ0n) is 19.9. The number of aliphatic carboxylic acids is 1. The lowest BCUT2D eigenvalue weighted by molar-refractivity contribution is -0.140. The molecule has 3 aromatic carbocycles. The summed E-state index contributed by atoms with van der Waals surface area (Å²) in [5, 5.41) is 12.9. The van der Waals surface area contributed by atoms with Crippen LogP contribution < -0.4 is 15.0 Å². The number of anilines is 1. The predicted octanol–water partition coefficient (Wildman–Crippen LogP) is 4.81. The van der Waals surface area contributed by atoms with Crippen molar-refractivity contribution >= 4 is 30.0 Å². The molecule has 184 valence electrons. The van der Waals surface area contributed by atoms with Gasteiger partial charge in [0.2, 0.25) is 5.91 Å². The molecule has 0 fully saturated rings. The van der Waals surface area contributed by atoms with Crippen molar-refractivity contribution in [1.29, 1.82) is 0 Å². The summed E-state index contributed by atoms with van der Waals surface area (Å²) in [6.45, 7) is 4.71. The third kappa shape index (κ3) is 6.41. The third-order valence-electron chi connectivity index (χ3n) is 6.10. The van der Waals surface area contributed by atoms with Gasteiger partial charge in [0.05, 0.1) is 12.2 Å². The third-order valence-corrected chi connectivity index (χ3v) is 6.10. The van der Waals surface area contributed by atoms with Crippen LogP contribution in [0.25, 0.3) is 0 Å². The molecule has 0 unspecified atom stereocenters. The molecule has 2 N–H and O–H groups in total. The summed E-state index contributed by atoms with van der Waals surface area (Å²) >= 11 is 0. The Morgan fingerprint density at radius 3 is 2.31 bits per heavy atom. The number of benzene rings is 3. The maximum absolute atomic E-state index is 13.7. The Hall–Kier alpha value is -3.35. The van der Waals surface area contributed by atoms with Crippen molar-refractivity contribution in [2.45, 2.75) is 44.8 Å². The lowest BCUT2D eigenvalue weighted by Gasteiger charge is -2.27. The second-order valence-corrected chi connectivity index (χ2v) is 8.90. The van der Waals surface area contributed by atoms with Gasteiger partial charge in [0.1, 0.15) is 24.4 Å². The number of amides is 1. The van der Waals surface area contributed by atoms with Crippen LogP contribution in [-0.4, -0.2) is 35.7 Å². The summed E-state index contributed by atoms with van der Waals surface area (Å²) in [7, 11) is 0. The van der Waals surface area contributed by atoms with Gasteiger partial charge in [-0.2, -0.15) is 0 Å². The normalized spacial score (nSPS) is 16.0. The van der Waals surface area contributed by atoms with Crippen molar-refractivity contribution < 1.29 is 19.4 Å². The predicted molar refractivity (Wildman–Crippen MR) is 139 cm³/mol. The molecule has 35 heavy (non-hydrogen) atoms. The summed E-state index contributed by atoms with van der Waals surface area (Å²) in [5.41, 5.74) is 3.79. The largest absolute Gasteiger partial charge is 0.489 e. The van der Waals surface area contributed by atoms with Crippen LogP contribution in [0.4, 0.5) is 5.69 Å². The second kappa shape index (κ2) is 11.9. The molecule has 0 radical (unpaired) electrons. The summed E-state index contributed by atoms with van der Waals surface area (Å²) in [5.74, 6) is -0.186. The molecule has 1 aliphatic rings. The maximum atomic E-state index is 13.7. The molecule has 0 saturated carbocycles. The average molecular weight is 495 g/mol. The lowest BCUT2D eigenvalue weighted by Crippen LogP contribution is -2.54. The molecular formula is C28H31ClN2O4. The Morgan fingerprint density at radius 1 is 1.00 bits per heavy atom. The fraction of sp³-hybridized carbons (Fsp3) is 0.286. The Bertz CT molecular complexity index is 1140. The molecule has 6 nitrogen and oxygen atoms in total. The molecule has 1 heterocycles. The highest BCUT2D eigenvalue weighted by Crippen LogP contribution is 2.32. The van der Waals surface area contributed by atoms with Crippen molar-refractivity contribution in [3.8, 4) is 5.75 Å². The highest BCUT2D eigenvalue weighted by molar-refractivity contribution is 5.99. The van der Waals surface area contributed by atoms with Gasteiger partial charge in [-0.25, -0.2) is 0 Å². The van der Waals surface area contributed by atoms with Crippen LogP contribution in [0.15, 0.2) is 78.9 Å². The van der Waals surface area contributed by atoms with Crippen LogP contribution in [0.2, 0.25) is 0 Å². The Kier molecular flexibility index (Phi) is 8.90. The zero-order chi connectivity index (χ0) is 24.1. The van der Waals surface area contributed by atoms with Crippen LogP contribution in [0, 0.1) is 0 Å². The molecule has 7 heteroatoms. The summed E-state index contributed by atoms with van der Waals surface area (Å²) in [6, 6.07) is 23.3. The van der Waals surface area contributed by atoms with Gasteiger partial charge < -0.3 is 14.7 Å². The zero-order valence-corrected chi connectivity index (χ0v) is 20.7. The minimum absolute atomic E-state index is 0. The maximum Gasteiger partial charge on any atom is 0.321 e. The van der Waals surface area contributed by atoms with E-state index in [1.165, 1.54) is 5.56 Å².